The molecule has 1 fully saturated rings. The summed E-state index contributed by atoms with van der Waals surface area (Å²) in [6, 6.07) is 13.0. The van der Waals surface area contributed by atoms with Gasteiger partial charge in [-0.15, -0.1) is 4.91 Å². The number of rotatable bonds is 6. The Balaban J connectivity index is 1.77. The summed E-state index contributed by atoms with van der Waals surface area (Å²) in [6.45, 7) is 2.10. The zero-order valence-electron chi connectivity index (χ0n) is 17.2. The van der Waals surface area contributed by atoms with Crippen LogP contribution in [0.1, 0.15) is 69.0 Å². The lowest BCUT2D eigenvalue weighted by Crippen LogP contribution is -2.50. The SMILES string of the molecule is CCC[C@H](c1ccc(N=O)cc1)N1C(=O)C(c2ccc(F)cc2)=NC12CCCCC2. The highest BCUT2D eigenvalue weighted by Gasteiger charge is 2.50. The first kappa shape index (κ1) is 20.4. The van der Waals surface area contributed by atoms with Gasteiger partial charge in [0.1, 0.15) is 22.9 Å². The molecule has 6 heteroatoms. The largest absolute Gasteiger partial charge is 0.305 e. The molecule has 1 amide bonds. The fraction of sp³-hybridized carbons (Fsp3) is 0.417. The minimum Gasteiger partial charge on any atom is -0.305 e. The predicted molar refractivity (Wildman–Crippen MR) is 115 cm³/mol. The molecule has 5 nitrogen and oxygen atoms in total. The second-order valence-corrected chi connectivity index (χ2v) is 8.17. The van der Waals surface area contributed by atoms with E-state index in [-0.39, 0.29) is 17.8 Å². The maximum Gasteiger partial charge on any atom is 0.275 e. The fourth-order valence-corrected chi connectivity index (χ4v) is 4.79. The van der Waals surface area contributed by atoms with Gasteiger partial charge in [0.15, 0.2) is 0 Å². The summed E-state index contributed by atoms with van der Waals surface area (Å²) in [5.74, 6) is -0.429. The molecule has 4 rings (SSSR count). The van der Waals surface area contributed by atoms with Gasteiger partial charge in [0.05, 0.1) is 6.04 Å². The number of nitroso groups, excluding NO2 is 1. The van der Waals surface area contributed by atoms with Crippen molar-refractivity contribution in [3.05, 3.63) is 70.4 Å². The summed E-state index contributed by atoms with van der Waals surface area (Å²) >= 11 is 0. The molecule has 1 aliphatic carbocycles. The molecule has 1 spiro atoms. The van der Waals surface area contributed by atoms with Gasteiger partial charge >= 0.3 is 0 Å². The van der Waals surface area contributed by atoms with E-state index in [4.69, 9.17) is 4.99 Å². The quantitative estimate of drug-likeness (QED) is 0.547. The first-order chi connectivity index (χ1) is 14.6. The van der Waals surface area contributed by atoms with E-state index < -0.39 is 5.66 Å². The van der Waals surface area contributed by atoms with Crippen molar-refractivity contribution in [2.45, 2.75) is 63.6 Å². The van der Waals surface area contributed by atoms with Crippen molar-refractivity contribution in [2.75, 3.05) is 0 Å². The topological polar surface area (TPSA) is 62.1 Å². The normalized spacial score (nSPS) is 19.1. The van der Waals surface area contributed by atoms with Crippen LogP contribution in [0.2, 0.25) is 0 Å². The third-order valence-corrected chi connectivity index (χ3v) is 6.22. The Bertz CT molecular complexity index is 947. The molecule has 0 radical (unpaired) electrons. The Labute approximate surface area is 176 Å². The number of aliphatic imine (C=N–C) groups is 1. The van der Waals surface area contributed by atoms with Crippen molar-refractivity contribution in [2.24, 2.45) is 10.2 Å². The van der Waals surface area contributed by atoms with Gasteiger partial charge in [0.25, 0.3) is 5.91 Å². The highest BCUT2D eigenvalue weighted by Crippen LogP contribution is 2.45. The third-order valence-electron chi connectivity index (χ3n) is 6.22. The zero-order chi connectivity index (χ0) is 21.1. The van der Waals surface area contributed by atoms with Gasteiger partial charge in [0, 0.05) is 5.56 Å². The number of carbonyl (C=O) groups excluding carboxylic acids is 1. The van der Waals surface area contributed by atoms with Crippen LogP contribution in [0.25, 0.3) is 0 Å². The van der Waals surface area contributed by atoms with E-state index in [0.29, 0.717) is 17.0 Å². The van der Waals surface area contributed by atoms with Crippen LogP contribution in [0.15, 0.2) is 58.7 Å². The molecule has 1 atom stereocenters. The summed E-state index contributed by atoms with van der Waals surface area (Å²) in [4.78, 5) is 31.5. The Hall–Kier alpha value is -2.89. The molecule has 1 heterocycles. The van der Waals surface area contributed by atoms with Crippen molar-refractivity contribution in [3.63, 3.8) is 0 Å². The molecular formula is C24H26FN3O2. The van der Waals surface area contributed by atoms with Crippen molar-refractivity contribution in [3.8, 4) is 0 Å². The lowest BCUT2D eigenvalue weighted by Gasteiger charge is -2.44. The van der Waals surface area contributed by atoms with Crippen LogP contribution in [0, 0.1) is 10.7 Å². The van der Waals surface area contributed by atoms with Crippen LogP contribution >= 0.6 is 0 Å². The molecule has 156 valence electrons. The summed E-state index contributed by atoms with van der Waals surface area (Å²) in [6.07, 6.45) is 6.56. The predicted octanol–water partition coefficient (Wildman–Crippen LogP) is 6.06. The minimum absolute atomic E-state index is 0.0976. The van der Waals surface area contributed by atoms with Crippen LogP contribution in [0.4, 0.5) is 10.1 Å². The van der Waals surface area contributed by atoms with E-state index in [0.717, 1.165) is 50.5 Å². The maximum atomic E-state index is 13.7. The van der Waals surface area contributed by atoms with E-state index >= 15 is 0 Å². The first-order valence-electron chi connectivity index (χ1n) is 10.7. The van der Waals surface area contributed by atoms with Gasteiger partial charge < -0.3 is 4.90 Å². The average Bonchev–Trinajstić information content (AvgIpc) is 3.04. The summed E-state index contributed by atoms with van der Waals surface area (Å²) in [7, 11) is 0. The number of amides is 1. The molecule has 1 aliphatic heterocycles. The number of nitrogens with zero attached hydrogens (tertiary/aromatic N) is 3. The molecular weight excluding hydrogens is 381 g/mol. The van der Waals surface area contributed by atoms with Gasteiger partial charge in [-0.25, -0.2) is 4.39 Å². The second kappa shape index (κ2) is 8.46. The van der Waals surface area contributed by atoms with Crippen LogP contribution in [-0.4, -0.2) is 22.2 Å². The highest BCUT2D eigenvalue weighted by molar-refractivity contribution is 6.46. The van der Waals surface area contributed by atoms with Gasteiger partial charge in [-0.05, 0) is 79.2 Å². The third kappa shape index (κ3) is 3.66. The van der Waals surface area contributed by atoms with Gasteiger partial charge in [0.2, 0.25) is 0 Å². The molecule has 2 aromatic carbocycles. The van der Waals surface area contributed by atoms with E-state index in [1.54, 1.807) is 24.3 Å². The second-order valence-electron chi connectivity index (χ2n) is 8.17. The highest BCUT2D eigenvalue weighted by atomic mass is 19.1. The lowest BCUT2D eigenvalue weighted by molar-refractivity contribution is -0.132. The average molecular weight is 407 g/mol. The molecule has 0 N–H and O–H groups in total. The molecule has 0 unspecified atom stereocenters. The lowest BCUT2D eigenvalue weighted by atomic mass is 9.86. The first-order valence-corrected chi connectivity index (χ1v) is 10.7. The van der Waals surface area contributed by atoms with Crippen molar-refractivity contribution < 1.29 is 9.18 Å². The summed E-state index contributed by atoms with van der Waals surface area (Å²) < 4.78 is 13.4. The summed E-state index contributed by atoms with van der Waals surface area (Å²) in [5, 5.41) is 2.99. The summed E-state index contributed by atoms with van der Waals surface area (Å²) in [5.41, 5.74) is 1.88. The molecule has 30 heavy (non-hydrogen) atoms. The zero-order valence-corrected chi connectivity index (χ0v) is 17.2. The standard InChI is InChI=1S/C24H26FN3O2/c1-2-6-21(17-9-13-20(27-30)14-10-17)28-23(29)22(18-7-11-19(25)12-8-18)26-24(28)15-4-3-5-16-24/h7-14,21H,2-6,15-16H2,1H3/t21-/m1/s1. The monoisotopic (exact) mass is 407 g/mol. The van der Waals surface area contributed by atoms with Crippen molar-refractivity contribution >= 4 is 17.3 Å². The van der Waals surface area contributed by atoms with Crippen molar-refractivity contribution in [1.29, 1.82) is 0 Å². The smallest absolute Gasteiger partial charge is 0.275 e. The molecule has 0 bridgehead atoms. The molecule has 0 aromatic heterocycles. The van der Waals surface area contributed by atoms with Gasteiger partial charge in [-0.2, -0.15) is 0 Å². The molecule has 1 saturated carbocycles. The van der Waals surface area contributed by atoms with E-state index in [9.17, 15) is 14.1 Å². The molecule has 2 aromatic rings. The Morgan fingerprint density at radius 1 is 1.07 bits per heavy atom. The van der Waals surface area contributed by atoms with E-state index in [2.05, 4.69) is 12.1 Å². The molecule has 2 aliphatic rings. The van der Waals surface area contributed by atoms with Crippen LogP contribution in [0.5, 0.6) is 0 Å². The Morgan fingerprint density at radius 2 is 1.73 bits per heavy atom. The number of hydrogen-bond acceptors (Lipinski definition) is 4. The van der Waals surface area contributed by atoms with Crippen LogP contribution in [-0.2, 0) is 4.79 Å². The van der Waals surface area contributed by atoms with Crippen LogP contribution in [0.3, 0.4) is 0 Å². The Morgan fingerprint density at radius 3 is 2.33 bits per heavy atom. The van der Waals surface area contributed by atoms with Crippen molar-refractivity contribution in [1.82, 2.24) is 4.90 Å². The molecule has 0 saturated heterocycles. The number of carbonyl (C=O) groups is 1. The van der Waals surface area contributed by atoms with Crippen LogP contribution < -0.4 is 0 Å². The maximum absolute atomic E-state index is 13.7. The Kier molecular flexibility index (Phi) is 5.75. The minimum atomic E-state index is -0.555. The number of halogens is 1. The number of hydrogen-bond donors (Lipinski definition) is 0. The van der Waals surface area contributed by atoms with E-state index in [1.807, 2.05) is 17.0 Å². The van der Waals surface area contributed by atoms with Gasteiger partial charge in [-0.1, -0.05) is 31.9 Å². The fourth-order valence-electron chi connectivity index (χ4n) is 4.79. The van der Waals surface area contributed by atoms with E-state index in [1.165, 1.54) is 12.1 Å². The van der Waals surface area contributed by atoms with Gasteiger partial charge in [-0.3, -0.25) is 9.79 Å². The number of benzene rings is 2.